The molecular formula is C29H41N5O5. The number of aryl methyl sites for hydroxylation is 1. The van der Waals surface area contributed by atoms with Crippen LogP contribution in [0.1, 0.15) is 64.5 Å². The zero-order valence-corrected chi connectivity index (χ0v) is 23.5. The number of nitrogens with one attached hydrogen (secondary N) is 1. The van der Waals surface area contributed by atoms with E-state index in [9.17, 15) is 24.3 Å². The molecule has 0 aliphatic carbocycles. The molecule has 5 rings (SSSR count). The molecule has 3 saturated heterocycles. The molecule has 3 aliphatic heterocycles. The first-order chi connectivity index (χ1) is 18.4. The molecule has 39 heavy (non-hydrogen) atoms. The van der Waals surface area contributed by atoms with Crippen molar-refractivity contribution in [3.63, 3.8) is 0 Å². The van der Waals surface area contributed by atoms with Crippen molar-refractivity contribution in [1.29, 1.82) is 0 Å². The van der Waals surface area contributed by atoms with Gasteiger partial charge in [0.25, 0.3) is 0 Å². The Labute approximate surface area is 228 Å². The van der Waals surface area contributed by atoms with E-state index in [1.54, 1.807) is 16.5 Å². The molecule has 2 aromatic rings. The molecule has 0 saturated carbocycles. The first-order valence-corrected chi connectivity index (χ1v) is 14.2. The summed E-state index contributed by atoms with van der Waals surface area (Å²) in [5, 5.41) is 11.9. The average Bonchev–Trinajstić information content (AvgIpc) is 3.13. The second kappa shape index (κ2) is 10.4. The van der Waals surface area contributed by atoms with Crippen molar-refractivity contribution in [3.05, 3.63) is 34.2 Å². The number of carbonyl (C=O) groups excluding carboxylic acids is 2. The van der Waals surface area contributed by atoms with Gasteiger partial charge in [0, 0.05) is 33.1 Å². The Morgan fingerprint density at radius 3 is 2.38 bits per heavy atom. The maximum Gasteiger partial charge on any atom is 0.407 e. The van der Waals surface area contributed by atoms with E-state index < -0.39 is 18.0 Å². The first-order valence-electron chi connectivity index (χ1n) is 14.2. The Bertz CT molecular complexity index is 1330. The van der Waals surface area contributed by atoms with Gasteiger partial charge < -0.3 is 10.0 Å². The van der Waals surface area contributed by atoms with E-state index in [4.69, 9.17) is 0 Å². The summed E-state index contributed by atoms with van der Waals surface area (Å²) in [6.45, 7) is 10.8. The van der Waals surface area contributed by atoms with E-state index in [2.05, 4.69) is 31.0 Å². The largest absolute Gasteiger partial charge is 0.465 e. The Balaban J connectivity index is 1.26. The number of fused-ring (bicyclic) bond motifs is 1. The van der Waals surface area contributed by atoms with Crippen LogP contribution in [-0.4, -0.2) is 68.1 Å². The molecule has 0 spiro atoms. The summed E-state index contributed by atoms with van der Waals surface area (Å²) in [5.74, 6) is 0.786. The van der Waals surface area contributed by atoms with Crippen LogP contribution in [0.3, 0.4) is 0 Å². The number of likely N-dealkylation sites (tertiary alicyclic amines) is 2. The molecule has 3 unspecified atom stereocenters. The Morgan fingerprint density at radius 2 is 1.74 bits per heavy atom. The molecular weight excluding hydrogens is 498 g/mol. The monoisotopic (exact) mass is 539 g/mol. The van der Waals surface area contributed by atoms with Crippen molar-refractivity contribution < 1.29 is 19.5 Å². The predicted octanol–water partition coefficient (Wildman–Crippen LogP) is 3.19. The van der Waals surface area contributed by atoms with Crippen LogP contribution in [0.4, 0.5) is 4.79 Å². The summed E-state index contributed by atoms with van der Waals surface area (Å²) in [6, 6.07) is 5.32. The molecule has 3 aliphatic rings. The minimum absolute atomic E-state index is 0.0610. The third-order valence-electron chi connectivity index (χ3n) is 9.37. The lowest BCUT2D eigenvalue weighted by Crippen LogP contribution is -2.50. The SMILES string of the molecule is Cn1c(=O)n(C2CCC(=O)NC2=O)c2ccc(CN3CCC(C4CCN(C(=O)O)CC4C(C)(C)C)CC3)cc21. The van der Waals surface area contributed by atoms with Crippen LogP contribution in [0.15, 0.2) is 23.0 Å². The molecule has 0 bridgehead atoms. The zero-order chi connectivity index (χ0) is 28.1. The molecule has 0 radical (unpaired) electrons. The van der Waals surface area contributed by atoms with E-state index in [-0.39, 0.29) is 23.4 Å². The maximum absolute atomic E-state index is 13.1. The Morgan fingerprint density at radius 1 is 1.03 bits per heavy atom. The van der Waals surface area contributed by atoms with Crippen molar-refractivity contribution in [2.75, 3.05) is 26.2 Å². The number of imidazole rings is 1. The number of hydrogen-bond acceptors (Lipinski definition) is 5. The number of aromatic nitrogens is 2. The third-order valence-corrected chi connectivity index (χ3v) is 9.37. The standard InChI is InChI=1S/C29H41N5O5/c1-29(2,3)21-17-33(28(38)39)14-11-20(21)19-9-12-32(13-10-19)16-18-5-6-22-24(15-18)31(4)27(37)34(22)23-7-8-25(35)30-26(23)36/h5-6,15,19-21,23H,7-14,16-17H2,1-4H3,(H,38,39)(H,30,35,36). The van der Waals surface area contributed by atoms with Gasteiger partial charge in [-0.2, -0.15) is 0 Å². The quantitative estimate of drug-likeness (QED) is 0.577. The summed E-state index contributed by atoms with van der Waals surface area (Å²) in [6.07, 6.45) is 2.90. The molecule has 10 heteroatoms. The highest BCUT2D eigenvalue weighted by molar-refractivity contribution is 6.00. The van der Waals surface area contributed by atoms with E-state index in [1.807, 2.05) is 18.2 Å². The smallest absolute Gasteiger partial charge is 0.407 e. The van der Waals surface area contributed by atoms with Gasteiger partial charge in [-0.05, 0) is 79.6 Å². The molecule has 212 valence electrons. The van der Waals surface area contributed by atoms with Gasteiger partial charge in [0.15, 0.2) is 0 Å². The number of hydrogen-bond donors (Lipinski definition) is 2. The van der Waals surface area contributed by atoms with Gasteiger partial charge in [-0.1, -0.05) is 26.8 Å². The summed E-state index contributed by atoms with van der Waals surface area (Å²) in [5.41, 5.74) is 2.43. The second-order valence-electron chi connectivity index (χ2n) is 12.8. The van der Waals surface area contributed by atoms with E-state index in [1.165, 1.54) is 4.57 Å². The summed E-state index contributed by atoms with van der Waals surface area (Å²) in [7, 11) is 1.73. The summed E-state index contributed by atoms with van der Waals surface area (Å²) >= 11 is 0. The van der Waals surface area contributed by atoms with Gasteiger partial charge >= 0.3 is 11.8 Å². The number of carbonyl (C=O) groups is 3. The van der Waals surface area contributed by atoms with Crippen LogP contribution in [0.25, 0.3) is 11.0 Å². The van der Waals surface area contributed by atoms with Crippen LogP contribution in [0.5, 0.6) is 0 Å². The molecule has 1 aromatic heterocycles. The number of piperidine rings is 3. The molecule has 3 fully saturated rings. The number of benzene rings is 1. The van der Waals surface area contributed by atoms with Crippen LogP contribution < -0.4 is 11.0 Å². The Hall–Kier alpha value is -3.14. The number of rotatable bonds is 4. The average molecular weight is 540 g/mol. The second-order valence-corrected chi connectivity index (χ2v) is 12.8. The summed E-state index contributed by atoms with van der Waals surface area (Å²) in [4.78, 5) is 52.8. The minimum Gasteiger partial charge on any atom is -0.465 e. The van der Waals surface area contributed by atoms with Crippen LogP contribution >= 0.6 is 0 Å². The van der Waals surface area contributed by atoms with Gasteiger partial charge in [-0.25, -0.2) is 9.59 Å². The first kappa shape index (κ1) is 27.4. The van der Waals surface area contributed by atoms with Gasteiger partial charge in [0.1, 0.15) is 6.04 Å². The molecule has 4 heterocycles. The highest BCUT2D eigenvalue weighted by atomic mass is 16.4. The fraction of sp³-hybridized carbons (Fsp3) is 0.655. The molecule has 3 amide bonds. The van der Waals surface area contributed by atoms with E-state index in [0.717, 1.165) is 50.0 Å². The topological polar surface area (TPSA) is 117 Å². The van der Waals surface area contributed by atoms with Gasteiger partial charge in [-0.3, -0.25) is 28.9 Å². The Kier molecular flexibility index (Phi) is 7.35. The van der Waals surface area contributed by atoms with Crippen molar-refractivity contribution in [2.45, 2.75) is 65.5 Å². The highest BCUT2D eigenvalue weighted by Gasteiger charge is 2.42. The molecule has 1 aromatic carbocycles. The van der Waals surface area contributed by atoms with Crippen LogP contribution in [-0.2, 0) is 23.2 Å². The van der Waals surface area contributed by atoms with Gasteiger partial charge in [0.2, 0.25) is 11.8 Å². The molecule has 3 atom stereocenters. The van der Waals surface area contributed by atoms with E-state index >= 15 is 0 Å². The third kappa shape index (κ3) is 5.35. The number of imide groups is 1. The molecule has 10 nitrogen and oxygen atoms in total. The minimum atomic E-state index is -0.806. The van der Waals surface area contributed by atoms with Crippen molar-refractivity contribution in [2.24, 2.45) is 30.2 Å². The van der Waals surface area contributed by atoms with Crippen molar-refractivity contribution in [3.8, 4) is 0 Å². The lowest BCUT2D eigenvalue weighted by atomic mass is 9.64. The maximum atomic E-state index is 13.1. The fourth-order valence-corrected chi connectivity index (χ4v) is 7.16. The number of nitrogens with zero attached hydrogens (tertiary/aromatic N) is 4. The highest BCUT2D eigenvalue weighted by Crippen LogP contribution is 2.44. The van der Waals surface area contributed by atoms with E-state index in [0.29, 0.717) is 42.8 Å². The number of amides is 3. The van der Waals surface area contributed by atoms with Gasteiger partial charge in [0.05, 0.1) is 11.0 Å². The van der Waals surface area contributed by atoms with Crippen LogP contribution in [0.2, 0.25) is 0 Å². The number of carboxylic acid groups (broad SMARTS) is 1. The zero-order valence-electron chi connectivity index (χ0n) is 23.5. The normalized spacial score (nSPS) is 25.7. The lowest BCUT2D eigenvalue weighted by molar-refractivity contribution is -0.135. The van der Waals surface area contributed by atoms with Gasteiger partial charge in [-0.15, -0.1) is 0 Å². The van der Waals surface area contributed by atoms with Crippen LogP contribution in [0, 0.1) is 23.2 Å². The summed E-state index contributed by atoms with van der Waals surface area (Å²) < 4.78 is 3.11. The van der Waals surface area contributed by atoms with Crippen molar-refractivity contribution >= 4 is 28.9 Å². The lowest BCUT2D eigenvalue weighted by Gasteiger charge is -2.48. The molecule has 2 N–H and O–H groups in total. The fourth-order valence-electron chi connectivity index (χ4n) is 7.16. The van der Waals surface area contributed by atoms with Crippen molar-refractivity contribution in [1.82, 2.24) is 24.3 Å². The predicted molar refractivity (Wildman–Crippen MR) is 147 cm³/mol.